The van der Waals surface area contributed by atoms with Gasteiger partial charge in [0, 0.05) is 0 Å². The van der Waals surface area contributed by atoms with Gasteiger partial charge in [-0.1, -0.05) is 0 Å². The van der Waals surface area contributed by atoms with Crippen molar-refractivity contribution < 1.29 is 0 Å². The maximum atomic E-state index is 11.1. The van der Waals surface area contributed by atoms with Crippen LogP contribution < -0.4 is 11.2 Å². The SMILES string of the molecule is Cc1cn2[nH]c(=O)[nH]c(=O)c2n1. The molecule has 2 aromatic rings. The molecule has 0 unspecified atom stereocenters. The average Bonchev–Trinajstić information content (AvgIpc) is 2.29. The molecule has 62 valence electrons. The van der Waals surface area contributed by atoms with Gasteiger partial charge in [0.05, 0.1) is 11.9 Å². The molecule has 0 radical (unpaired) electrons. The lowest BCUT2D eigenvalue weighted by molar-refractivity contribution is 0.839. The van der Waals surface area contributed by atoms with Gasteiger partial charge in [0.2, 0.25) is 5.65 Å². The van der Waals surface area contributed by atoms with Gasteiger partial charge in [0.1, 0.15) is 0 Å². The van der Waals surface area contributed by atoms with Crippen LogP contribution in [0.25, 0.3) is 5.65 Å². The topological polar surface area (TPSA) is 83.0 Å². The number of fused-ring (bicyclic) bond motifs is 1. The van der Waals surface area contributed by atoms with Crippen molar-refractivity contribution in [3.05, 3.63) is 32.7 Å². The van der Waals surface area contributed by atoms with Crippen LogP contribution in [-0.2, 0) is 0 Å². The smallest absolute Gasteiger partial charge is 0.270 e. The highest BCUT2D eigenvalue weighted by Crippen LogP contribution is 1.92. The first kappa shape index (κ1) is 6.84. The van der Waals surface area contributed by atoms with E-state index in [1.807, 2.05) is 0 Å². The Morgan fingerprint density at radius 2 is 2.25 bits per heavy atom. The maximum absolute atomic E-state index is 11.1. The lowest BCUT2D eigenvalue weighted by atomic mass is 10.6. The predicted octanol–water partition coefficient (Wildman–Crippen LogP) is -0.981. The lowest BCUT2D eigenvalue weighted by Crippen LogP contribution is -2.25. The summed E-state index contributed by atoms with van der Waals surface area (Å²) in [5.74, 6) is 0. The molecule has 2 heterocycles. The van der Waals surface area contributed by atoms with Crippen LogP contribution in [-0.4, -0.2) is 19.6 Å². The molecule has 0 aliphatic carbocycles. The molecule has 0 aliphatic rings. The van der Waals surface area contributed by atoms with Gasteiger partial charge in [0.25, 0.3) is 5.56 Å². The van der Waals surface area contributed by atoms with E-state index in [1.54, 1.807) is 13.1 Å². The summed E-state index contributed by atoms with van der Waals surface area (Å²) in [6.45, 7) is 1.74. The van der Waals surface area contributed by atoms with Crippen LogP contribution in [0.15, 0.2) is 15.8 Å². The van der Waals surface area contributed by atoms with Gasteiger partial charge in [-0.2, -0.15) is 0 Å². The van der Waals surface area contributed by atoms with E-state index in [4.69, 9.17) is 0 Å². The molecule has 0 fully saturated rings. The zero-order valence-electron chi connectivity index (χ0n) is 6.29. The summed E-state index contributed by atoms with van der Waals surface area (Å²) >= 11 is 0. The Bertz CT molecular complexity index is 532. The second-order valence-corrected chi connectivity index (χ2v) is 2.47. The van der Waals surface area contributed by atoms with Crippen molar-refractivity contribution in [3.63, 3.8) is 0 Å². The second-order valence-electron chi connectivity index (χ2n) is 2.47. The van der Waals surface area contributed by atoms with Crippen molar-refractivity contribution in [2.75, 3.05) is 0 Å². The van der Waals surface area contributed by atoms with Crippen LogP contribution in [0.4, 0.5) is 0 Å². The third kappa shape index (κ3) is 0.849. The standard InChI is InChI=1S/C6H6N4O2/c1-3-2-10-4(7-3)5(11)8-6(12)9-10/h2H,1H3,(H2,8,9,11,12). The van der Waals surface area contributed by atoms with Crippen molar-refractivity contribution in [2.45, 2.75) is 6.92 Å². The molecule has 0 atom stereocenters. The van der Waals surface area contributed by atoms with Crippen LogP contribution in [0, 0.1) is 6.92 Å². The Morgan fingerprint density at radius 3 is 3.00 bits per heavy atom. The summed E-state index contributed by atoms with van der Waals surface area (Å²) in [5.41, 5.74) is -0.133. The van der Waals surface area contributed by atoms with Gasteiger partial charge in [-0.15, -0.1) is 0 Å². The Labute approximate surface area is 65.9 Å². The van der Waals surface area contributed by atoms with Crippen LogP contribution in [0.2, 0.25) is 0 Å². The highest BCUT2D eigenvalue weighted by Gasteiger charge is 2.01. The number of aryl methyl sites for hydroxylation is 1. The van der Waals surface area contributed by atoms with Crippen LogP contribution in [0.1, 0.15) is 5.69 Å². The fourth-order valence-corrected chi connectivity index (χ4v) is 1.04. The number of aromatic amines is 2. The van der Waals surface area contributed by atoms with Gasteiger partial charge in [0.15, 0.2) is 0 Å². The Hall–Kier alpha value is -1.85. The van der Waals surface area contributed by atoms with Crippen molar-refractivity contribution in [2.24, 2.45) is 0 Å². The zero-order valence-corrected chi connectivity index (χ0v) is 6.29. The van der Waals surface area contributed by atoms with Gasteiger partial charge in [-0.05, 0) is 6.92 Å². The molecule has 0 aromatic carbocycles. The number of nitrogens with one attached hydrogen (secondary N) is 2. The van der Waals surface area contributed by atoms with E-state index in [-0.39, 0.29) is 5.65 Å². The first-order valence-corrected chi connectivity index (χ1v) is 3.35. The quantitative estimate of drug-likeness (QED) is 0.527. The number of rotatable bonds is 0. The molecule has 0 aliphatic heterocycles. The first-order valence-electron chi connectivity index (χ1n) is 3.35. The summed E-state index contributed by atoms with van der Waals surface area (Å²) < 4.78 is 1.30. The number of H-pyrrole nitrogens is 2. The first-order chi connectivity index (χ1) is 5.66. The summed E-state index contributed by atoms with van der Waals surface area (Å²) in [6.07, 6.45) is 1.58. The number of hydrogen-bond donors (Lipinski definition) is 2. The minimum absolute atomic E-state index is 0.201. The third-order valence-corrected chi connectivity index (χ3v) is 1.48. The van der Waals surface area contributed by atoms with Crippen molar-refractivity contribution in [1.82, 2.24) is 19.6 Å². The summed E-state index contributed by atoms with van der Waals surface area (Å²) in [6, 6.07) is 0. The normalized spacial score (nSPS) is 10.8. The van der Waals surface area contributed by atoms with Gasteiger partial charge >= 0.3 is 5.69 Å². The van der Waals surface area contributed by atoms with Crippen molar-refractivity contribution in [3.8, 4) is 0 Å². The fourth-order valence-electron chi connectivity index (χ4n) is 1.04. The van der Waals surface area contributed by atoms with Crippen LogP contribution in [0.5, 0.6) is 0 Å². The molecule has 2 N–H and O–H groups in total. The number of aromatic nitrogens is 4. The zero-order chi connectivity index (χ0) is 8.72. The van der Waals surface area contributed by atoms with E-state index in [1.165, 1.54) is 4.52 Å². The number of hydrogen-bond acceptors (Lipinski definition) is 3. The summed E-state index contributed by atoms with van der Waals surface area (Å²) in [7, 11) is 0. The van der Waals surface area contributed by atoms with Crippen molar-refractivity contribution >= 4 is 5.65 Å². The molecular weight excluding hydrogens is 160 g/mol. The molecule has 2 rings (SSSR count). The van der Waals surface area contributed by atoms with Crippen LogP contribution >= 0.6 is 0 Å². The molecule has 0 saturated carbocycles. The van der Waals surface area contributed by atoms with E-state index in [0.29, 0.717) is 5.69 Å². The molecule has 6 heteroatoms. The lowest BCUT2D eigenvalue weighted by Gasteiger charge is -1.88. The van der Waals surface area contributed by atoms with E-state index < -0.39 is 11.2 Å². The Morgan fingerprint density at radius 1 is 1.50 bits per heavy atom. The van der Waals surface area contributed by atoms with E-state index in [2.05, 4.69) is 15.1 Å². The highest BCUT2D eigenvalue weighted by molar-refractivity contribution is 5.34. The molecule has 0 bridgehead atoms. The van der Waals surface area contributed by atoms with Gasteiger partial charge in [-0.25, -0.2) is 19.4 Å². The van der Waals surface area contributed by atoms with E-state index in [0.717, 1.165) is 0 Å². The largest absolute Gasteiger partial charge is 0.340 e. The monoisotopic (exact) mass is 166 g/mol. The molecule has 0 saturated heterocycles. The summed E-state index contributed by atoms with van der Waals surface area (Å²) in [5, 5.41) is 2.39. The van der Waals surface area contributed by atoms with E-state index >= 15 is 0 Å². The minimum Gasteiger partial charge on any atom is -0.270 e. The molecular formula is C6H6N4O2. The number of imidazole rings is 1. The third-order valence-electron chi connectivity index (χ3n) is 1.48. The molecule has 0 amide bonds. The van der Waals surface area contributed by atoms with E-state index in [9.17, 15) is 9.59 Å². The molecule has 12 heavy (non-hydrogen) atoms. The second kappa shape index (κ2) is 2.07. The fraction of sp³-hybridized carbons (Fsp3) is 0.167. The maximum Gasteiger partial charge on any atom is 0.340 e. The summed E-state index contributed by atoms with van der Waals surface area (Å²) in [4.78, 5) is 27.8. The molecule has 6 nitrogen and oxygen atoms in total. The molecule has 2 aromatic heterocycles. The predicted molar refractivity (Wildman–Crippen MR) is 41.2 cm³/mol. The highest BCUT2D eigenvalue weighted by atomic mass is 16.2. The average molecular weight is 166 g/mol. The van der Waals surface area contributed by atoms with Crippen molar-refractivity contribution in [1.29, 1.82) is 0 Å². The van der Waals surface area contributed by atoms with Crippen LogP contribution in [0.3, 0.4) is 0 Å². The molecule has 0 spiro atoms. The Kier molecular flexibility index (Phi) is 1.18. The van der Waals surface area contributed by atoms with Gasteiger partial charge < -0.3 is 0 Å². The minimum atomic E-state index is -0.537. The Balaban J connectivity index is 3.08. The van der Waals surface area contributed by atoms with Gasteiger partial charge in [-0.3, -0.25) is 9.78 Å². The number of nitrogens with zero attached hydrogens (tertiary/aromatic N) is 2.